The van der Waals surface area contributed by atoms with E-state index in [0.29, 0.717) is 19.5 Å². The Labute approximate surface area is 118 Å². The van der Waals surface area contributed by atoms with Crippen LogP contribution < -0.4 is 0 Å². The number of hydrogen-bond acceptors (Lipinski definition) is 3. The fourth-order valence-electron chi connectivity index (χ4n) is 3.51. The van der Waals surface area contributed by atoms with Crippen molar-refractivity contribution in [2.75, 3.05) is 25.1 Å². The van der Waals surface area contributed by atoms with Gasteiger partial charge in [-0.05, 0) is 43.6 Å². The summed E-state index contributed by atoms with van der Waals surface area (Å²) in [6.45, 7) is 1.10. The van der Waals surface area contributed by atoms with Gasteiger partial charge in [-0.25, -0.2) is 0 Å². The monoisotopic (exact) mass is 285 g/mol. The topological polar surface area (TPSA) is 57.6 Å². The minimum Gasteiger partial charge on any atom is -0.481 e. The quantitative estimate of drug-likeness (QED) is 0.760. The highest BCUT2D eigenvalue weighted by atomic mass is 32.2. The molecule has 2 aliphatic rings. The van der Waals surface area contributed by atoms with Gasteiger partial charge >= 0.3 is 5.97 Å². The fourth-order valence-corrected chi connectivity index (χ4v) is 4.00. The van der Waals surface area contributed by atoms with Crippen LogP contribution in [-0.4, -0.2) is 47.0 Å². The van der Waals surface area contributed by atoms with Gasteiger partial charge in [0, 0.05) is 19.5 Å². The zero-order valence-corrected chi connectivity index (χ0v) is 12.4. The molecule has 1 heterocycles. The van der Waals surface area contributed by atoms with E-state index in [9.17, 15) is 14.7 Å². The van der Waals surface area contributed by atoms with Gasteiger partial charge in [-0.3, -0.25) is 9.59 Å². The number of carboxylic acid groups (broad SMARTS) is 1. The first-order valence-electron chi connectivity index (χ1n) is 7.10. The molecule has 0 aromatic heterocycles. The van der Waals surface area contributed by atoms with Crippen molar-refractivity contribution in [3.05, 3.63) is 0 Å². The van der Waals surface area contributed by atoms with Crippen molar-refractivity contribution in [2.24, 2.45) is 11.3 Å². The summed E-state index contributed by atoms with van der Waals surface area (Å²) in [7, 11) is 0. The van der Waals surface area contributed by atoms with Gasteiger partial charge < -0.3 is 10.0 Å². The molecule has 1 aliphatic carbocycles. The van der Waals surface area contributed by atoms with E-state index in [1.54, 1.807) is 16.7 Å². The summed E-state index contributed by atoms with van der Waals surface area (Å²) in [5, 5.41) is 9.48. The number of unbranched alkanes of at least 4 members (excludes halogenated alkanes) is 1. The summed E-state index contributed by atoms with van der Waals surface area (Å²) < 4.78 is 0. The Kier molecular flexibility index (Phi) is 4.76. The molecule has 0 bridgehead atoms. The zero-order valence-electron chi connectivity index (χ0n) is 11.6. The molecule has 2 fully saturated rings. The van der Waals surface area contributed by atoms with Crippen molar-refractivity contribution in [2.45, 2.75) is 38.5 Å². The van der Waals surface area contributed by atoms with E-state index in [0.717, 1.165) is 37.9 Å². The van der Waals surface area contributed by atoms with Crippen LogP contribution in [-0.2, 0) is 9.59 Å². The van der Waals surface area contributed by atoms with Crippen LogP contribution >= 0.6 is 11.8 Å². The maximum absolute atomic E-state index is 12.1. The van der Waals surface area contributed by atoms with Crippen molar-refractivity contribution in [1.82, 2.24) is 4.90 Å². The molecule has 0 radical (unpaired) electrons. The second kappa shape index (κ2) is 6.16. The van der Waals surface area contributed by atoms with E-state index in [1.165, 1.54) is 0 Å². The highest BCUT2D eigenvalue weighted by Crippen LogP contribution is 2.48. The van der Waals surface area contributed by atoms with Crippen molar-refractivity contribution in [1.29, 1.82) is 0 Å². The number of fused-ring (bicyclic) bond motifs is 1. The molecule has 108 valence electrons. The first-order chi connectivity index (χ1) is 9.10. The number of aliphatic carboxylic acids is 1. The average Bonchev–Trinajstić information content (AvgIpc) is 2.91. The number of carbonyl (C=O) groups is 2. The molecular weight excluding hydrogens is 262 g/mol. The smallest absolute Gasteiger partial charge is 0.311 e. The van der Waals surface area contributed by atoms with Crippen molar-refractivity contribution >= 4 is 23.6 Å². The Morgan fingerprint density at radius 3 is 2.84 bits per heavy atom. The van der Waals surface area contributed by atoms with Gasteiger partial charge in [-0.2, -0.15) is 11.8 Å². The summed E-state index contributed by atoms with van der Waals surface area (Å²) in [4.78, 5) is 25.5. The largest absolute Gasteiger partial charge is 0.481 e. The molecular formula is C14H23NO3S. The SMILES string of the molecule is CSCCCCC(=O)N1C[C@@H]2CCC[C@@]2(C(=O)O)C1. The van der Waals surface area contributed by atoms with E-state index in [2.05, 4.69) is 6.26 Å². The molecule has 0 spiro atoms. The lowest BCUT2D eigenvalue weighted by atomic mass is 9.81. The van der Waals surface area contributed by atoms with Crippen LogP contribution in [0.15, 0.2) is 0 Å². The van der Waals surface area contributed by atoms with E-state index < -0.39 is 11.4 Å². The first-order valence-corrected chi connectivity index (χ1v) is 8.49. The van der Waals surface area contributed by atoms with Crippen LogP contribution in [0.5, 0.6) is 0 Å². The van der Waals surface area contributed by atoms with Crippen molar-refractivity contribution < 1.29 is 14.7 Å². The van der Waals surface area contributed by atoms with Crippen LogP contribution in [0.3, 0.4) is 0 Å². The lowest BCUT2D eigenvalue weighted by molar-refractivity contribution is -0.149. The average molecular weight is 285 g/mol. The summed E-state index contributed by atoms with van der Waals surface area (Å²) >= 11 is 1.80. The van der Waals surface area contributed by atoms with E-state index in [4.69, 9.17) is 0 Å². The molecule has 0 unspecified atom stereocenters. The summed E-state index contributed by atoms with van der Waals surface area (Å²) in [5.74, 6) is 0.721. The van der Waals surface area contributed by atoms with Gasteiger partial charge in [0.1, 0.15) is 0 Å². The molecule has 1 N–H and O–H groups in total. The van der Waals surface area contributed by atoms with Crippen molar-refractivity contribution in [3.63, 3.8) is 0 Å². The number of carboxylic acids is 1. The lowest BCUT2D eigenvalue weighted by Crippen LogP contribution is -2.37. The normalized spacial score (nSPS) is 29.5. The van der Waals surface area contributed by atoms with Gasteiger partial charge in [0.2, 0.25) is 5.91 Å². The highest BCUT2D eigenvalue weighted by Gasteiger charge is 2.55. The van der Waals surface area contributed by atoms with Crippen LogP contribution in [0.4, 0.5) is 0 Å². The Bertz CT molecular complexity index is 361. The Balaban J connectivity index is 1.87. The number of amides is 1. The van der Waals surface area contributed by atoms with E-state index in [1.807, 2.05) is 0 Å². The molecule has 1 saturated carbocycles. The molecule has 2 rings (SSSR count). The standard InChI is InChI=1S/C14H23NO3S/c1-19-8-3-2-6-12(16)15-9-11-5-4-7-14(11,10-15)13(17)18/h11H,2-10H2,1H3,(H,17,18)/t11-,14+/m0/s1. The predicted octanol–water partition coefficient (Wildman–Crippen LogP) is 2.23. The van der Waals surface area contributed by atoms with Gasteiger partial charge in [0.15, 0.2) is 0 Å². The molecule has 1 aliphatic heterocycles. The molecule has 4 nitrogen and oxygen atoms in total. The zero-order chi connectivity index (χ0) is 13.9. The van der Waals surface area contributed by atoms with Crippen LogP contribution in [0.2, 0.25) is 0 Å². The maximum Gasteiger partial charge on any atom is 0.311 e. The number of thioether (sulfide) groups is 1. The molecule has 0 aromatic carbocycles. The Morgan fingerprint density at radius 1 is 1.42 bits per heavy atom. The number of carbonyl (C=O) groups excluding carboxylic acids is 1. The highest BCUT2D eigenvalue weighted by molar-refractivity contribution is 7.98. The Hall–Kier alpha value is -0.710. The van der Waals surface area contributed by atoms with Crippen LogP contribution in [0.1, 0.15) is 38.5 Å². The molecule has 1 saturated heterocycles. The molecule has 5 heteroatoms. The third-order valence-corrected chi connectivity index (χ3v) is 5.34. The second-order valence-corrected chi connectivity index (χ2v) is 6.76. The number of likely N-dealkylation sites (tertiary alicyclic amines) is 1. The van der Waals surface area contributed by atoms with E-state index >= 15 is 0 Å². The lowest BCUT2D eigenvalue weighted by Gasteiger charge is -2.23. The van der Waals surface area contributed by atoms with Crippen molar-refractivity contribution in [3.8, 4) is 0 Å². The summed E-state index contributed by atoms with van der Waals surface area (Å²) in [6.07, 6.45) is 7.32. The predicted molar refractivity (Wildman–Crippen MR) is 76.2 cm³/mol. The molecule has 0 aromatic rings. The molecule has 19 heavy (non-hydrogen) atoms. The third kappa shape index (κ3) is 2.91. The maximum atomic E-state index is 12.1. The van der Waals surface area contributed by atoms with Gasteiger partial charge in [0.25, 0.3) is 0 Å². The second-order valence-electron chi connectivity index (χ2n) is 5.77. The van der Waals surface area contributed by atoms with Gasteiger partial charge in [-0.1, -0.05) is 6.42 Å². The van der Waals surface area contributed by atoms with E-state index in [-0.39, 0.29) is 11.8 Å². The minimum absolute atomic E-state index is 0.149. The van der Waals surface area contributed by atoms with Gasteiger partial charge in [-0.15, -0.1) is 0 Å². The van der Waals surface area contributed by atoms with Crippen LogP contribution in [0.25, 0.3) is 0 Å². The summed E-state index contributed by atoms with van der Waals surface area (Å²) in [6, 6.07) is 0. The first kappa shape index (κ1) is 14.7. The third-order valence-electron chi connectivity index (χ3n) is 4.64. The number of nitrogens with zero attached hydrogens (tertiary/aromatic N) is 1. The van der Waals surface area contributed by atoms with Crippen LogP contribution in [0, 0.1) is 11.3 Å². The van der Waals surface area contributed by atoms with Gasteiger partial charge in [0.05, 0.1) is 5.41 Å². The number of rotatable bonds is 6. The number of hydrogen-bond donors (Lipinski definition) is 1. The minimum atomic E-state index is -0.701. The fraction of sp³-hybridized carbons (Fsp3) is 0.857. The summed E-state index contributed by atoms with van der Waals surface area (Å²) in [5.41, 5.74) is -0.630. The Morgan fingerprint density at radius 2 is 2.21 bits per heavy atom. The molecule has 1 amide bonds. The molecule has 2 atom stereocenters.